The zero-order chi connectivity index (χ0) is 28.5. The summed E-state index contributed by atoms with van der Waals surface area (Å²) >= 11 is 0. The fraction of sp³-hybridized carbons (Fsp3) is 0.462. The summed E-state index contributed by atoms with van der Waals surface area (Å²) in [5.41, 5.74) is -3.56. The topological polar surface area (TPSA) is 58.6 Å². The number of benzene rings is 2. The second kappa shape index (κ2) is 10.8. The van der Waals surface area contributed by atoms with Gasteiger partial charge in [0.1, 0.15) is 11.4 Å². The Labute approximate surface area is 214 Å². The van der Waals surface area contributed by atoms with E-state index in [0.29, 0.717) is 17.7 Å². The van der Waals surface area contributed by atoms with Crippen molar-refractivity contribution in [2.24, 2.45) is 5.92 Å². The number of likely N-dealkylation sites (tertiary alicyclic amines) is 1. The molecule has 2 atom stereocenters. The molecule has 0 unspecified atom stereocenters. The van der Waals surface area contributed by atoms with E-state index < -0.39 is 65.3 Å². The Morgan fingerprint density at radius 3 is 2.00 bits per heavy atom. The maximum Gasteiger partial charge on any atom is 0.416 e. The smallest absolute Gasteiger partial charge is 0.416 e. The Bertz CT molecular complexity index is 1120. The van der Waals surface area contributed by atoms with Gasteiger partial charge in [0, 0.05) is 31.5 Å². The third-order valence-electron chi connectivity index (χ3n) is 6.01. The molecule has 0 aromatic heterocycles. The fourth-order valence-electron chi connectivity index (χ4n) is 4.25. The zero-order valence-corrected chi connectivity index (χ0v) is 20.8. The van der Waals surface area contributed by atoms with Crippen LogP contribution in [-0.2, 0) is 28.4 Å². The number of amides is 2. The highest BCUT2D eigenvalue weighted by Crippen LogP contribution is 2.37. The van der Waals surface area contributed by atoms with Crippen LogP contribution in [0.2, 0.25) is 0 Å². The largest absolute Gasteiger partial charge is 0.444 e. The Kier molecular flexibility index (Phi) is 8.33. The molecule has 208 valence electrons. The quantitative estimate of drug-likeness (QED) is 0.443. The molecule has 12 heteroatoms. The SMILES string of the molecule is CC(C)(C)OC(=O)N1CC[C@@H](C(=O)NCc2cc(C(F)(F)F)cc(C(F)(F)F)c2)[C@H](c2ccc(F)cc2)C1. The minimum atomic E-state index is -5.01. The van der Waals surface area contributed by atoms with E-state index in [4.69, 9.17) is 4.74 Å². The predicted octanol–water partition coefficient (Wildman–Crippen LogP) is 6.52. The van der Waals surface area contributed by atoms with Crippen LogP contribution in [0.4, 0.5) is 35.5 Å². The number of piperidine rings is 1. The second-order valence-electron chi connectivity index (χ2n) is 10.1. The van der Waals surface area contributed by atoms with Gasteiger partial charge in [-0.05, 0) is 68.7 Å². The molecular weight excluding hydrogens is 521 g/mol. The first kappa shape index (κ1) is 29.2. The lowest BCUT2D eigenvalue weighted by molar-refractivity contribution is -0.143. The number of hydrogen-bond donors (Lipinski definition) is 1. The first-order chi connectivity index (χ1) is 17.4. The average molecular weight is 548 g/mol. The van der Waals surface area contributed by atoms with Gasteiger partial charge in [0.2, 0.25) is 5.91 Å². The van der Waals surface area contributed by atoms with Crippen molar-refractivity contribution in [2.75, 3.05) is 13.1 Å². The van der Waals surface area contributed by atoms with Crippen LogP contribution in [0.1, 0.15) is 55.4 Å². The highest BCUT2D eigenvalue weighted by atomic mass is 19.4. The highest BCUT2D eigenvalue weighted by molar-refractivity contribution is 5.80. The van der Waals surface area contributed by atoms with Gasteiger partial charge in [0.25, 0.3) is 0 Å². The molecule has 3 rings (SSSR count). The summed E-state index contributed by atoms with van der Waals surface area (Å²) < 4.78 is 98.0. The first-order valence-electron chi connectivity index (χ1n) is 11.7. The van der Waals surface area contributed by atoms with E-state index in [1.165, 1.54) is 29.2 Å². The van der Waals surface area contributed by atoms with E-state index in [0.717, 1.165) is 0 Å². The Morgan fingerprint density at radius 1 is 0.947 bits per heavy atom. The van der Waals surface area contributed by atoms with Crippen LogP contribution in [0.25, 0.3) is 0 Å². The van der Waals surface area contributed by atoms with Crippen LogP contribution < -0.4 is 5.32 Å². The lowest BCUT2D eigenvalue weighted by atomic mass is 9.80. The molecule has 0 saturated carbocycles. The van der Waals surface area contributed by atoms with Crippen molar-refractivity contribution >= 4 is 12.0 Å². The number of nitrogens with one attached hydrogen (secondary N) is 1. The molecule has 1 aliphatic heterocycles. The second-order valence-corrected chi connectivity index (χ2v) is 10.1. The highest BCUT2D eigenvalue weighted by Gasteiger charge is 2.39. The van der Waals surface area contributed by atoms with Crippen molar-refractivity contribution in [2.45, 2.75) is 57.6 Å². The van der Waals surface area contributed by atoms with Crippen molar-refractivity contribution in [3.05, 3.63) is 70.5 Å². The number of hydrogen-bond acceptors (Lipinski definition) is 3. The van der Waals surface area contributed by atoms with Crippen molar-refractivity contribution in [3.63, 3.8) is 0 Å². The number of carbonyl (C=O) groups excluding carboxylic acids is 2. The van der Waals surface area contributed by atoms with Crippen LogP contribution in [0, 0.1) is 11.7 Å². The predicted molar refractivity (Wildman–Crippen MR) is 123 cm³/mol. The number of carbonyl (C=O) groups is 2. The van der Waals surface area contributed by atoms with Gasteiger partial charge in [-0.2, -0.15) is 26.3 Å². The summed E-state index contributed by atoms with van der Waals surface area (Å²) in [6.07, 6.45) is -10.5. The summed E-state index contributed by atoms with van der Waals surface area (Å²) in [4.78, 5) is 27.2. The molecule has 5 nitrogen and oxygen atoms in total. The van der Waals surface area contributed by atoms with Gasteiger partial charge in [0.15, 0.2) is 0 Å². The Hall–Kier alpha value is -3.31. The molecule has 1 fully saturated rings. The van der Waals surface area contributed by atoms with Crippen LogP contribution in [0.3, 0.4) is 0 Å². The van der Waals surface area contributed by atoms with Crippen molar-refractivity contribution in [1.82, 2.24) is 10.2 Å². The molecule has 2 aromatic carbocycles. The first-order valence-corrected chi connectivity index (χ1v) is 11.7. The Balaban J connectivity index is 1.82. The van der Waals surface area contributed by atoms with E-state index >= 15 is 0 Å². The molecule has 2 amide bonds. The van der Waals surface area contributed by atoms with Crippen molar-refractivity contribution in [1.29, 1.82) is 0 Å². The van der Waals surface area contributed by atoms with E-state index in [-0.39, 0.29) is 31.1 Å². The molecule has 38 heavy (non-hydrogen) atoms. The normalized spacial score (nSPS) is 18.7. The van der Waals surface area contributed by atoms with Crippen LogP contribution >= 0.6 is 0 Å². The molecule has 0 bridgehead atoms. The van der Waals surface area contributed by atoms with E-state index in [2.05, 4.69) is 5.32 Å². The third kappa shape index (κ3) is 7.61. The summed E-state index contributed by atoms with van der Waals surface area (Å²) in [5.74, 6) is -2.54. The number of rotatable bonds is 4. The standard InChI is InChI=1S/C26H27F7N2O3/c1-24(2,3)38-23(37)35-9-8-20(21(14-35)16-4-6-19(27)7-5-16)22(36)34-13-15-10-17(25(28,29)30)12-18(11-15)26(31,32)33/h4-7,10-12,20-21H,8-9,13-14H2,1-3H3,(H,34,36)/t20-,21+/m1/s1. The molecule has 1 aliphatic rings. The van der Waals surface area contributed by atoms with Crippen LogP contribution in [-0.4, -0.2) is 35.6 Å². The van der Waals surface area contributed by atoms with Gasteiger partial charge >= 0.3 is 18.4 Å². The van der Waals surface area contributed by atoms with Gasteiger partial charge in [0.05, 0.1) is 11.1 Å². The van der Waals surface area contributed by atoms with Gasteiger partial charge in [-0.1, -0.05) is 12.1 Å². The van der Waals surface area contributed by atoms with E-state index in [1.54, 1.807) is 20.8 Å². The molecule has 0 spiro atoms. The molecule has 0 radical (unpaired) electrons. The Morgan fingerprint density at radius 2 is 1.50 bits per heavy atom. The van der Waals surface area contributed by atoms with Crippen LogP contribution in [0.5, 0.6) is 0 Å². The molecular formula is C26H27F7N2O3. The fourth-order valence-corrected chi connectivity index (χ4v) is 4.25. The number of halogens is 7. The number of alkyl halides is 6. The molecule has 1 heterocycles. The third-order valence-corrected chi connectivity index (χ3v) is 6.01. The monoisotopic (exact) mass is 548 g/mol. The van der Waals surface area contributed by atoms with Crippen molar-refractivity contribution in [3.8, 4) is 0 Å². The summed E-state index contributed by atoms with van der Waals surface area (Å²) in [5, 5.41) is 2.44. The minimum absolute atomic E-state index is 0.0161. The minimum Gasteiger partial charge on any atom is -0.444 e. The molecule has 0 aliphatic carbocycles. The lowest BCUT2D eigenvalue weighted by Gasteiger charge is -2.38. The van der Waals surface area contributed by atoms with E-state index in [1.807, 2.05) is 0 Å². The van der Waals surface area contributed by atoms with Gasteiger partial charge in [-0.25, -0.2) is 9.18 Å². The summed E-state index contributed by atoms with van der Waals surface area (Å²) in [6, 6.07) is 6.43. The maximum absolute atomic E-state index is 13.5. The molecule has 2 aromatic rings. The number of ether oxygens (including phenoxy) is 1. The maximum atomic E-state index is 13.5. The average Bonchev–Trinajstić information content (AvgIpc) is 2.80. The van der Waals surface area contributed by atoms with Gasteiger partial charge in [-0.15, -0.1) is 0 Å². The summed E-state index contributed by atoms with van der Waals surface area (Å²) in [7, 11) is 0. The zero-order valence-electron chi connectivity index (χ0n) is 20.8. The summed E-state index contributed by atoms with van der Waals surface area (Å²) in [6.45, 7) is 4.68. The van der Waals surface area contributed by atoms with Crippen LogP contribution in [0.15, 0.2) is 42.5 Å². The molecule has 1 saturated heterocycles. The number of nitrogens with zero attached hydrogens (tertiary/aromatic N) is 1. The molecule has 1 N–H and O–H groups in total. The van der Waals surface area contributed by atoms with Crippen molar-refractivity contribution < 1.29 is 45.1 Å². The van der Waals surface area contributed by atoms with E-state index in [9.17, 15) is 40.3 Å². The van der Waals surface area contributed by atoms with Gasteiger partial charge in [-0.3, -0.25) is 4.79 Å². The van der Waals surface area contributed by atoms with Gasteiger partial charge < -0.3 is 15.0 Å². The lowest BCUT2D eigenvalue weighted by Crippen LogP contribution is -2.48.